The minimum absolute atomic E-state index is 0.0669. The monoisotopic (exact) mass is 505 g/mol. The average molecular weight is 505 g/mol. The van der Waals surface area contributed by atoms with E-state index in [0.29, 0.717) is 64.5 Å². The van der Waals surface area contributed by atoms with Crippen molar-refractivity contribution >= 4 is 39.5 Å². The Kier molecular flexibility index (Phi) is 5.25. The van der Waals surface area contributed by atoms with E-state index in [4.69, 9.17) is 14.4 Å². The van der Waals surface area contributed by atoms with Crippen LogP contribution in [-0.4, -0.2) is 34.0 Å². The van der Waals surface area contributed by atoms with Gasteiger partial charge in [-0.25, -0.2) is 14.8 Å². The van der Waals surface area contributed by atoms with Crippen molar-refractivity contribution in [2.75, 3.05) is 11.4 Å². The van der Waals surface area contributed by atoms with Crippen LogP contribution in [0.1, 0.15) is 22.3 Å². The minimum atomic E-state index is -4.79. The number of hydrogen-bond acceptors (Lipinski definition) is 6. The van der Waals surface area contributed by atoms with E-state index in [9.17, 15) is 23.1 Å². The molecule has 0 atom stereocenters. The third-order valence-electron chi connectivity index (χ3n) is 6.21. The van der Waals surface area contributed by atoms with Crippen LogP contribution in [0, 0.1) is 0 Å². The molecule has 37 heavy (non-hydrogen) atoms. The molecule has 0 fully saturated rings. The lowest BCUT2D eigenvalue weighted by Crippen LogP contribution is -2.26. The van der Waals surface area contributed by atoms with E-state index in [0.717, 1.165) is 5.39 Å². The number of carboxylic acids is 1. The minimum Gasteiger partial charge on any atom is -0.478 e. The smallest absolute Gasteiger partial charge is 0.478 e. The summed E-state index contributed by atoms with van der Waals surface area (Å²) in [4.78, 5) is 23.0. The van der Waals surface area contributed by atoms with Gasteiger partial charge in [0.2, 0.25) is 0 Å². The quantitative estimate of drug-likeness (QED) is 0.290. The Morgan fingerprint density at radius 1 is 1.00 bits per heavy atom. The summed E-state index contributed by atoms with van der Waals surface area (Å²) in [7, 11) is 0. The third-order valence-corrected chi connectivity index (χ3v) is 6.21. The van der Waals surface area contributed by atoms with Gasteiger partial charge < -0.3 is 19.2 Å². The molecule has 3 aromatic carbocycles. The number of carbonyl (C=O) groups is 1. The summed E-state index contributed by atoms with van der Waals surface area (Å²) in [5.41, 5.74) is 3.37. The standard InChI is InChI=1S/C27H18F3N3O4/c28-27(29,30)37-18-8-10-21-15(12-18)5-3-11-33(21)25-24(23-14-16-4-1-2-6-22(16)36-23)31-19-9-7-17(26(34)35)13-20(19)32-25/h1-2,4,6-10,12-14H,3,5,11H2,(H,34,35). The van der Waals surface area contributed by atoms with Crippen molar-refractivity contribution in [3.05, 3.63) is 77.9 Å². The molecule has 0 bridgehead atoms. The first-order chi connectivity index (χ1) is 17.7. The molecular weight excluding hydrogens is 487 g/mol. The maximum absolute atomic E-state index is 12.8. The predicted octanol–water partition coefficient (Wildman–Crippen LogP) is 6.72. The number of rotatable bonds is 4. The molecular formula is C27H18F3N3O4. The number of aromatic nitrogens is 2. The van der Waals surface area contributed by atoms with Crippen molar-refractivity contribution in [1.82, 2.24) is 9.97 Å². The Morgan fingerprint density at radius 3 is 2.62 bits per heavy atom. The van der Waals surface area contributed by atoms with Gasteiger partial charge in [0, 0.05) is 17.6 Å². The van der Waals surface area contributed by atoms with Crippen LogP contribution in [0.4, 0.5) is 24.7 Å². The Labute approximate surface area is 207 Å². The lowest BCUT2D eigenvalue weighted by Gasteiger charge is -2.31. The Bertz CT molecular complexity index is 1650. The molecule has 1 aliphatic heterocycles. The lowest BCUT2D eigenvalue weighted by molar-refractivity contribution is -0.274. The highest BCUT2D eigenvalue weighted by molar-refractivity contribution is 5.94. The van der Waals surface area contributed by atoms with Crippen molar-refractivity contribution in [2.45, 2.75) is 19.2 Å². The average Bonchev–Trinajstić information content (AvgIpc) is 3.30. The van der Waals surface area contributed by atoms with Crippen molar-refractivity contribution in [3.63, 3.8) is 0 Å². The highest BCUT2D eigenvalue weighted by atomic mass is 19.4. The van der Waals surface area contributed by atoms with E-state index in [1.807, 2.05) is 35.2 Å². The molecule has 3 heterocycles. The van der Waals surface area contributed by atoms with E-state index in [-0.39, 0.29) is 11.3 Å². The maximum atomic E-state index is 12.8. The molecule has 186 valence electrons. The van der Waals surface area contributed by atoms with Crippen molar-refractivity contribution < 1.29 is 32.2 Å². The molecule has 2 aromatic heterocycles. The number of benzene rings is 3. The van der Waals surface area contributed by atoms with E-state index in [1.54, 1.807) is 12.1 Å². The Morgan fingerprint density at radius 2 is 1.84 bits per heavy atom. The van der Waals surface area contributed by atoms with Gasteiger partial charge in [0.05, 0.1) is 16.6 Å². The van der Waals surface area contributed by atoms with Crippen LogP contribution in [0.25, 0.3) is 33.5 Å². The number of ether oxygens (including phenoxy) is 1. The number of aryl methyl sites for hydroxylation is 1. The van der Waals surface area contributed by atoms with Gasteiger partial charge in [-0.2, -0.15) is 0 Å². The Hall–Kier alpha value is -4.60. The number of alkyl halides is 3. The number of anilines is 2. The number of para-hydroxylation sites is 1. The van der Waals surface area contributed by atoms with Gasteiger partial charge in [-0.15, -0.1) is 13.2 Å². The van der Waals surface area contributed by atoms with Crippen LogP contribution < -0.4 is 9.64 Å². The zero-order valence-electron chi connectivity index (χ0n) is 19.1. The van der Waals surface area contributed by atoms with E-state index in [2.05, 4.69) is 4.74 Å². The number of nitrogens with zero attached hydrogens (tertiary/aromatic N) is 3. The first-order valence-corrected chi connectivity index (χ1v) is 11.5. The van der Waals surface area contributed by atoms with Crippen molar-refractivity contribution in [3.8, 4) is 17.2 Å². The van der Waals surface area contributed by atoms with E-state index >= 15 is 0 Å². The second-order valence-corrected chi connectivity index (χ2v) is 8.65. The molecule has 0 spiro atoms. The van der Waals surface area contributed by atoms with Crippen molar-refractivity contribution in [1.29, 1.82) is 0 Å². The molecule has 6 rings (SSSR count). The molecule has 0 aliphatic carbocycles. The second-order valence-electron chi connectivity index (χ2n) is 8.65. The van der Waals surface area contributed by atoms with Crippen LogP contribution in [0.15, 0.2) is 71.1 Å². The van der Waals surface area contributed by atoms with Crippen LogP contribution >= 0.6 is 0 Å². The number of furan rings is 1. The topological polar surface area (TPSA) is 88.7 Å². The van der Waals surface area contributed by atoms with Crippen LogP contribution in [0.3, 0.4) is 0 Å². The van der Waals surface area contributed by atoms with E-state index < -0.39 is 12.3 Å². The summed E-state index contributed by atoms with van der Waals surface area (Å²) < 4.78 is 48.5. The molecule has 0 saturated carbocycles. The molecule has 0 radical (unpaired) electrons. The summed E-state index contributed by atoms with van der Waals surface area (Å²) in [6, 6.07) is 18.1. The van der Waals surface area contributed by atoms with Gasteiger partial charge >= 0.3 is 12.3 Å². The van der Waals surface area contributed by atoms with Gasteiger partial charge in [0.1, 0.15) is 17.0 Å². The highest BCUT2D eigenvalue weighted by Gasteiger charge is 2.32. The maximum Gasteiger partial charge on any atom is 0.573 e. The summed E-state index contributed by atoms with van der Waals surface area (Å²) in [5.74, 6) is -0.495. The fraction of sp³-hybridized carbons (Fsp3) is 0.148. The molecule has 10 heteroatoms. The molecule has 1 aliphatic rings. The van der Waals surface area contributed by atoms with Crippen molar-refractivity contribution in [2.24, 2.45) is 0 Å². The SMILES string of the molecule is O=C(O)c1ccc2nc(-c3cc4ccccc4o3)c(N3CCCc4cc(OC(F)(F)F)ccc43)nc2c1. The fourth-order valence-corrected chi connectivity index (χ4v) is 4.62. The number of aromatic carboxylic acids is 1. The molecule has 0 amide bonds. The first kappa shape index (κ1) is 22.8. The summed E-state index contributed by atoms with van der Waals surface area (Å²) in [6.45, 7) is 0.526. The van der Waals surface area contributed by atoms with Crippen LogP contribution in [0.2, 0.25) is 0 Å². The summed E-state index contributed by atoms with van der Waals surface area (Å²) in [5, 5.41) is 10.3. The van der Waals surface area contributed by atoms with Crippen LogP contribution in [-0.2, 0) is 6.42 Å². The fourth-order valence-electron chi connectivity index (χ4n) is 4.62. The zero-order valence-corrected chi connectivity index (χ0v) is 19.1. The highest BCUT2D eigenvalue weighted by Crippen LogP contribution is 2.41. The Balaban J connectivity index is 1.54. The molecule has 0 saturated heterocycles. The van der Waals surface area contributed by atoms with Crippen LogP contribution in [0.5, 0.6) is 5.75 Å². The second kappa shape index (κ2) is 8.51. The number of halogens is 3. The van der Waals surface area contributed by atoms with Gasteiger partial charge in [-0.3, -0.25) is 0 Å². The lowest BCUT2D eigenvalue weighted by atomic mass is 10.0. The van der Waals surface area contributed by atoms with E-state index in [1.165, 1.54) is 24.3 Å². The molecule has 0 unspecified atom stereocenters. The van der Waals surface area contributed by atoms with Gasteiger partial charge in [-0.05, 0) is 66.9 Å². The first-order valence-electron chi connectivity index (χ1n) is 11.5. The number of fused-ring (bicyclic) bond motifs is 3. The normalized spacial score (nSPS) is 13.6. The third kappa shape index (κ3) is 4.31. The van der Waals surface area contributed by atoms with Gasteiger partial charge in [-0.1, -0.05) is 18.2 Å². The molecule has 7 nitrogen and oxygen atoms in total. The van der Waals surface area contributed by atoms with Gasteiger partial charge in [0.25, 0.3) is 0 Å². The largest absolute Gasteiger partial charge is 0.573 e. The molecule has 5 aromatic rings. The number of carboxylic acid groups (broad SMARTS) is 1. The zero-order chi connectivity index (χ0) is 25.7. The molecule has 1 N–H and O–H groups in total. The predicted molar refractivity (Wildman–Crippen MR) is 130 cm³/mol. The number of hydrogen-bond donors (Lipinski definition) is 1. The summed E-state index contributed by atoms with van der Waals surface area (Å²) in [6.07, 6.45) is -3.58. The summed E-state index contributed by atoms with van der Waals surface area (Å²) >= 11 is 0. The van der Waals surface area contributed by atoms with Gasteiger partial charge in [0.15, 0.2) is 11.6 Å².